The molecule has 12 heteroatoms. The molecule has 414 valence electrons. The summed E-state index contributed by atoms with van der Waals surface area (Å²) in [4.78, 5) is 32.2. The monoisotopic (exact) mass is 1120 g/mol. The molecule has 1 fully saturated rings. The van der Waals surface area contributed by atoms with Crippen LogP contribution in [0.2, 0.25) is 5.28 Å². The van der Waals surface area contributed by atoms with E-state index in [1.54, 1.807) is 0 Å². The van der Waals surface area contributed by atoms with Crippen LogP contribution in [0.25, 0.3) is 45.6 Å². The lowest BCUT2D eigenvalue weighted by Crippen LogP contribution is -2.41. The first kappa shape index (κ1) is 55.4. The van der Waals surface area contributed by atoms with E-state index in [4.69, 9.17) is 35.9 Å². The van der Waals surface area contributed by atoms with Crippen molar-refractivity contribution in [3.63, 3.8) is 0 Å². The molecule has 1 saturated heterocycles. The van der Waals surface area contributed by atoms with E-state index < -0.39 is 0 Å². The smallest absolute Gasteiger partial charge is 0.399 e. The fourth-order valence-corrected chi connectivity index (χ4v) is 11.4. The highest BCUT2D eigenvalue weighted by Gasteiger charge is 2.52. The Hall–Kier alpha value is -9.13. The van der Waals surface area contributed by atoms with E-state index in [1.807, 2.05) is 121 Å². The quantitative estimate of drug-likeness (QED) is 0.143. The minimum atomic E-state index is -0.348. The van der Waals surface area contributed by atoms with Crippen molar-refractivity contribution >= 4 is 58.6 Å². The van der Waals surface area contributed by atoms with Crippen molar-refractivity contribution in [3.8, 4) is 45.6 Å². The highest BCUT2D eigenvalue weighted by Crippen LogP contribution is 2.53. The minimum Gasteiger partial charge on any atom is -0.399 e. The second-order valence-corrected chi connectivity index (χ2v) is 23.5. The van der Waals surface area contributed by atoms with Gasteiger partial charge in [0.05, 0.1) is 34.0 Å². The second kappa shape index (κ2) is 22.6. The van der Waals surface area contributed by atoms with Gasteiger partial charge in [-0.3, -0.25) is 4.90 Å². The van der Waals surface area contributed by atoms with Crippen molar-refractivity contribution in [2.24, 2.45) is 0 Å². The van der Waals surface area contributed by atoms with Crippen LogP contribution in [0, 0.1) is 0 Å². The predicted molar refractivity (Wildman–Crippen MR) is 342 cm³/mol. The van der Waals surface area contributed by atoms with Crippen LogP contribution in [0.4, 0.5) is 34.4 Å². The third-order valence-corrected chi connectivity index (χ3v) is 16.7. The normalized spacial score (nSPS) is 15.4. The van der Waals surface area contributed by atoms with E-state index in [-0.39, 0.29) is 34.4 Å². The molecule has 0 aliphatic carbocycles. The molecule has 0 amide bonds. The van der Waals surface area contributed by atoms with Crippen LogP contribution in [-0.4, -0.2) is 48.2 Å². The number of nitrogens with zero attached hydrogens (tertiary/aromatic N) is 8. The third-order valence-electron chi connectivity index (χ3n) is 16.5. The highest BCUT2D eigenvalue weighted by atomic mass is 35.5. The molecule has 0 N–H and O–H groups in total. The molecule has 0 atom stereocenters. The van der Waals surface area contributed by atoms with Gasteiger partial charge in [-0.1, -0.05) is 234 Å². The third kappa shape index (κ3) is 10.7. The van der Waals surface area contributed by atoms with E-state index in [9.17, 15) is 0 Å². The number of rotatable bonds is 7. The predicted octanol–water partition coefficient (Wildman–Crippen LogP) is 17.3. The summed E-state index contributed by atoms with van der Waals surface area (Å²) in [5.41, 5.74) is 14.9. The van der Waals surface area contributed by atoms with Gasteiger partial charge in [0, 0.05) is 38.8 Å². The maximum Gasteiger partial charge on any atom is 0.494 e. The molecule has 3 aliphatic heterocycles. The average Bonchev–Trinajstić information content (AvgIpc) is 1.92. The SMILES string of the molecule is CC1(C)c2ccccc2N(c2ccc(B3OC(C)(C)C(C)(C)O3)cc2)c2ccccc21.CC1(C)c2ccccc2N(c2nc(-c3ccccc3)nc(-c3ccccc3)n2)c2ccccc21.Clc1nc(-c2ccccc2)nc(-c2ccccc2)n1. The Morgan fingerprint density at radius 1 is 0.321 bits per heavy atom. The molecule has 5 heterocycles. The summed E-state index contributed by atoms with van der Waals surface area (Å²) in [6, 6.07) is 82.7. The number of para-hydroxylation sites is 4. The topological polar surface area (TPSA) is 102 Å². The standard InChI is InChI=1S/C30H24N4.C27H30BNO2.C15H10ClN3/c1-30(2)23-17-9-11-19-25(23)34(26-20-12-10-18-24(26)30)29-32-27(21-13-5-3-6-14-21)31-28(33-29)22-15-7-4-8-16-22;1-25(2)21-11-7-9-13-23(21)29(24-14-10-8-12-22(24)25)20-17-15-19(16-18-20)28-30-26(3,4)27(5,6)31-28;16-15-18-13(11-7-3-1-4-8-11)17-14(19-15)12-9-5-2-6-10-12/h3-20H,1-2H3;7-18H,1-6H3;1-10H. The zero-order valence-electron chi connectivity index (χ0n) is 48.4. The van der Waals surface area contributed by atoms with Gasteiger partial charge in [0.15, 0.2) is 23.3 Å². The van der Waals surface area contributed by atoms with Gasteiger partial charge < -0.3 is 14.2 Å². The molecule has 0 bridgehead atoms. The van der Waals surface area contributed by atoms with E-state index in [2.05, 4.69) is 201 Å². The molecule has 11 aromatic rings. The number of fused-ring (bicyclic) bond motifs is 4. The number of anilines is 6. The summed E-state index contributed by atoms with van der Waals surface area (Å²) >= 11 is 5.99. The van der Waals surface area contributed by atoms with Gasteiger partial charge in [-0.25, -0.2) is 9.97 Å². The van der Waals surface area contributed by atoms with Gasteiger partial charge >= 0.3 is 7.12 Å². The van der Waals surface area contributed by atoms with Crippen LogP contribution in [-0.2, 0) is 20.1 Å². The average molecular weight is 1120 g/mol. The van der Waals surface area contributed by atoms with Gasteiger partial charge in [0.25, 0.3) is 0 Å². The molecule has 0 spiro atoms. The largest absolute Gasteiger partial charge is 0.494 e. The van der Waals surface area contributed by atoms with Crippen LogP contribution in [0.3, 0.4) is 0 Å². The van der Waals surface area contributed by atoms with E-state index in [0.29, 0.717) is 29.2 Å². The molecule has 2 aromatic heterocycles. The van der Waals surface area contributed by atoms with E-state index in [1.165, 1.54) is 33.6 Å². The van der Waals surface area contributed by atoms with Crippen LogP contribution in [0.5, 0.6) is 0 Å². The Bertz CT molecular complexity index is 3900. The molecule has 14 rings (SSSR count). The van der Waals surface area contributed by atoms with Crippen molar-refractivity contribution in [1.82, 2.24) is 29.9 Å². The molecular formula is C72H64BClN8O2. The highest BCUT2D eigenvalue weighted by molar-refractivity contribution is 6.62. The zero-order chi connectivity index (χ0) is 58.2. The van der Waals surface area contributed by atoms with Crippen molar-refractivity contribution in [2.75, 3.05) is 9.80 Å². The summed E-state index contributed by atoms with van der Waals surface area (Å²) in [6.07, 6.45) is 0. The van der Waals surface area contributed by atoms with Crippen molar-refractivity contribution in [3.05, 3.63) is 270 Å². The maximum atomic E-state index is 6.24. The fourth-order valence-electron chi connectivity index (χ4n) is 11.3. The Labute approximate surface area is 498 Å². The van der Waals surface area contributed by atoms with Gasteiger partial charge in [0.2, 0.25) is 11.2 Å². The zero-order valence-corrected chi connectivity index (χ0v) is 49.2. The van der Waals surface area contributed by atoms with E-state index in [0.717, 1.165) is 44.8 Å². The first-order valence-corrected chi connectivity index (χ1v) is 28.8. The molecule has 9 aromatic carbocycles. The fraction of sp³-hybridized carbons (Fsp3) is 0.167. The number of benzene rings is 9. The lowest BCUT2D eigenvalue weighted by molar-refractivity contribution is 0.00578. The molecule has 0 saturated carbocycles. The van der Waals surface area contributed by atoms with Crippen molar-refractivity contribution in [1.29, 1.82) is 0 Å². The summed E-state index contributed by atoms with van der Waals surface area (Å²) in [6.45, 7) is 17.5. The van der Waals surface area contributed by atoms with Gasteiger partial charge in [-0.15, -0.1) is 0 Å². The summed E-state index contributed by atoms with van der Waals surface area (Å²) in [7, 11) is -0.348. The Morgan fingerprint density at radius 3 is 0.940 bits per heavy atom. The summed E-state index contributed by atoms with van der Waals surface area (Å²) < 4.78 is 12.5. The molecule has 3 aliphatic rings. The molecule has 10 nitrogen and oxygen atoms in total. The van der Waals surface area contributed by atoms with Gasteiger partial charge in [-0.05, 0) is 103 Å². The lowest BCUT2D eigenvalue weighted by atomic mass is 9.73. The molecular weight excluding hydrogens is 1060 g/mol. The van der Waals surface area contributed by atoms with Crippen molar-refractivity contribution in [2.45, 2.75) is 77.4 Å². The van der Waals surface area contributed by atoms with Crippen LogP contribution >= 0.6 is 11.6 Å². The van der Waals surface area contributed by atoms with Crippen LogP contribution < -0.4 is 15.3 Å². The van der Waals surface area contributed by atoms with Gasteiger partial charge in [-0.2, -0.15) is 19.9 Å². The van der Waals surface area contributed by atoms with Gasteiger partial charge in [0.1, 0.15) is 0 Å². The summed E-state index contributed by atoms with van der Waals surface area (Å²) in [5.74, 6) is 3.09. The first-order chi connectivity index (χ1) is 40.6. The first-order valence-electron chi connectivity index (χ1n) is 28.4. The molecule has 0 unspecified atom stereocenters. The number of aromatic nitrogens is 6. The Kier molecular flexibility index (Phi) is 14.9. The van der Waals surface area contributed by atoms with Crippen molar-refractivity contribution < 1.29 is 9.31 Å². The maximum absolute atomic E-state index is 6.24. The second-order valence-electron chi connectivity index (χ2n) is 23.2. The number of hydrogen-bond donors (Lipinski definition) is 0. The Morgan fingerprint density at radius 2 is 0.607 bits per heavy atom. The Balaban J connectivity index is 0.000000129. The number of halogens is 1. The molecule has 84 heavy (non-hydrogen) atoms. The molecule has 0 radical (unpaired) electrons. The van der Waals surface area contributed by atoms with Crippen LogP contribution in [0.1, 0.15) is 77.6 Å². The number of hydrogen-bond acceptors (Lipinski definition) is 10. The van der Waals surface area contributed by atoms with E-state index >= 15 is 0 Å². The lowest BCUT2D eigenvalue weighted by Gasteiger charge is -2.42. The summed E-state index contributed by atoms with van der Waals surface area (Å²) in [5, 5.41) is 0.202. The minimum absolute atomic E-state index is 0.0493. The van der Waals surface area contributed by atoms with Crippen LogP contribution in [0.15, 0.2) is 243 Å².